The summed E-state index contributed by atoms with van der Waals surface area (Å²) in [5, 5.41) is 10.8. The molecule has 1 fully saturated rings. The van der Waals surface area contributed by atoms with Crippen LogP contribution in [-0.4, -0.2) is 41.2 Å². The molecule has 2 aromatic carbocycles. The monoisotopic (exact) mass is 460 g/mol. The summed E-state index contributed by atoms with van der Waals surface area (Å²) in [4.78, 5) is 49.4. The number of anilines is 2. The number of ether oxygens (including phenoxy) is 1. The van der Waals surface area contributed by atoms with Crippen LogP contribution in [0.5, 0.6) is 5.75 Å². The molecular formula is C21H17ClN2O6S. The molecule has 0 bridgehead atoms. The molecule has 0 aromatic heterocycles. The van der Waals surface area contributed by atoms with Gasteiger partial charge in [-0.2, -0.15) is 0 Å². The smallest absolute Gasteiger partial charge is 0.328 e. The predicted molar refractivity (Wildman–Crippen MR) is 117 cm³/mol. The average molecular weight is 461 g/mol. The van der Waals surface area contributed by atoms with Crippen molar-refractivity contribution >= 4 is 58.4 Å². The topological polar surface area (TPSA) is 113 Å². The lowest BCUT2D eigenvalue weighted by molar-refractivity contribution is -0.131. The summed E-state index contributed by atoms with van der Waals surface area (Å²) < 4.78 is 5.09. The highest BCUT2D eigenvalue weighted by Crippen LogP contribution is 2.37. The van der Waals surface area contributed by atoms with Gasteiger partial charge in [0.2, 0.25) is 17.7 Å². The van der Waals surface area contributed by atoms with Gasteiger partial charge in [0.15, 0.2) is 0 Å². The fourth-order valence-corrected chi connectivity index (χ4v) is 4.27. The van der Waals surface area contributed by atoms with Crippen LogP contribution in [0, 0.1) is 0 Å². The van der Waals surface area contributed by atoms with Crippen molar-refractivity contribution in [1.29, 1.82) is 0 Å². The van der Waals surface area contributed by atoms with E-state index >= 15 is 0 Å². The number of hydrogen-bond acceptors (Lipinski definition) is 6. The average Bonchev–Trinajstić information content (AvgIpc) is 2.99. The molecule has 0 aliphatic carbocycles. The Labute approximate surface area is 186 Å². The molecule has 1 atom stereocenters. The summed E-state index contributed by atoms with van der Waals surface area (Å²) in [6.07, 6.45) is 1.65. The largest absolute Gasteiger partial charge is 0.495 e. The first-order valence-electron chi connectivity index (χ1n) is 8.97. The molecule has 2 N–H and O–H groups in total. The number of nitrogens with one attached hydrogen (secondary N) is 1. The number of halogens is 1. The fourth-order valence-electron chi connectivity index (χ4n) is 2.90. The Morgan fingerprint density at radius 3 is 2.68 bits per heavy atom. The van der Waals surface area contributed by atoms with E-state index in [1.54, 1.807) is 36.4 Å². The van der Waals surface area contributed by atoms with E-state index in [9.17, 15) is 19.2 Å². The first-order chi connectivity index (χ1) is 14.8. The molecule has 160 valence electrons. The third-order valence-corrected chi connectivity index (χ3v) is 5.73. The van der Waals surface area contributed by atoms with Crippen LogP contribution >= 0.6 is 23.4 Å². The number of carboxylic acid groups (broad SMARTS) is 1. The maximum atomic E-state index is 12.9. The van der Waals surface area contributed by atoms with Crippen molar-refractivity contribution in [3.63, 3.8) is 0 Å². The van der Waals surface area contributed by atoms with Gasteiger partial charge in [-0.05, 0) is 36.4 Å². The lowest BCUT2D eigenvalue weighted by atomic mass is 10.3. The van der Waals surface area contributed by atoms with E-state index in [2.05, 4.69) is 5.32 Å². The summed E-state index contributed by atoms with van der Waals surface area (Å²) in [5.74, 6) is -2.10. The van der Waals surface area contributed by atoms with Crippen LogP contribution in [0.1, 0.15) is 6.42 Å². The van der Waals surface area contributed by atoms with E-state index in [1.165, 1.54) is 24.9 Å². The highest BCUT2D eigenvalue weighted by atomic mass is 35.5. The summed E-state index contributed by atoms with van der Waals surface area (Å²) in [7, 11) is 1.47. The minimum atomic E-state index is -1.23. The standard InChI is InChI=1S/C21H17ClN2O6S/c1-30-16-6-5-13(10-15(16)22)24-19(26)11-17(21(24)29)31-14-4-2-3-12(9-14)23-18(25)7-8-20(27)28/h2-10,17H,11H2,1H3,(H,23,25)(H,27,28)/b8-7+/t17-/m0/s1. The normalized spacial score (nSPS) is 16.1. The first-order valence-corrected chi connectivity index (χ1v) is 10.2. The first kappa shape index (κ1) is 22.4. The van der Waals surface area contributed by atoms with Crippen LogP contribution in [0.25, 0.3) is 0 Å². The van der Waals surface area contributed by atoms with Gasteiger partial charge < -0.3 is 15.2 Å². The molecule has 1 aliphatic rings. The summed E-state index contributed by atoms with van der Waals surface area (Å²) in [5.41, 5.74) is 0.802. The molecule has 10 heteroatoms. The molecule has 3 amide bonds. The van der Waals surface area contributed by atoms with Crippen LogP contribution in [0.3, 0.4) is 0 Å². The number of hydrogen-bond donors (Lipinski definition) is 2. The number of carboxylic acids is 1. The Bertz CT molecular complexity index is 1090. The van der Waals surface area contributed by atoms with Crippen molar-refractivity contribution < 1.29 is 29.0 Å². The predicted octanol–water partition coefficient (Wildman–Crippen LogP) is 3.35. The SMILES string of the molecule is COc1ccc(N2C(=O)C[C@H](Sc3cccc(NC(=O)/C=C/C(=O)O)c3)C2=O)cc1Cl. The minimum Gasteiger partial charge on any atom is -0.495 e. The van der Waals surface area contributed by atoms with E-state index in [4.69, 9.17) is 21.4 Å². The van der Waals surface area contributed by atoms with E-state index in [1.807, 2.05) is 0 Å². The van der Waals surface area contributed by atoms with Gasteiger partial charge in [0, 0.05) is 29.2 Å². The third-order valence-electron chi connectivity index (χ3n) is 4.26. The molecular weight excluding hydrogens is 444 g/mol. The summed E-state index contributed by atoms with van der Waals surface area (Å²) >= 11 is 7.32. The van der Waals surface area contributed by atoms with Gasteiger partial charge in [0.25, 0.3) is 0 Å². The number of imide groups is 1. The fraction of sp³-hybridized carbons (Fsp3) is 0.143. The Hall–Kier alpha value is -3.30. The Balaban J connectivity index is 1.72. The van der Waals surface area contributed by atoms with Crippen molar-refractivity contribution in [2.75, 3.05) is 17.3 Å². The van der Waals surface area contributed by atoms with Crippen molar-refractivity contribution in [3.05, 3.63) is 59.6 Å². The molecule has 1 aliphatic heterocycles. The van der Waals surface area contributed by atoms with Crippen molar-refractivity contribution in [2.24, 2.45) is 0 Å². The van der Waals surface area contributed by atoms with E-state index in [-0.39, 0.29) is 23.3 Å². The third kappa shape index (κ3) is 5.44. The Morgan fingerprint density at radius 1 is 1.23 bits per heavy atom. The van der Waals surface area contributed by atoms with E-state index in [0.717, 1.165) is 17.1 Å². The molecule has 31 heavy (non-hydrogen) atoms. The number of methoxy groups -OCH3 is 1. The van der Waals surface area contributed by atoms with E-state index < -0.39 is 17.1 Å². The second-order valence-electron chi connectivity index (χ2n) is 6.39. The maximum absolute atomic E-state index is 12.9. The second-order valence-corrected chi connectivity index (χ2v) is 8.07. The number of rotatable bonds is 7. The molecule has 0 saturated carbocycles. The lowest BCUT2D eigenvalue weighted by Crippen LogP contribution is -2.31. The highest BCUT2D eigenvalue weighted by molar-refractivity contribution is 8.00. The molecule has 0 unspecified atom stereocenters. The zero-order valence-electron chi connectivity index (χ0n) is 16.2. The molecule has 2 aromatic rings. The number of amides is 3. The molecule has 1 saturated heterocycles. The van der Waals surface area contributed by atoms with Crippen LogP contribution in [-0.2, 0) is 19.2 Å². The maximum Gasteiger partial charge on any atom is 0.328 e. The van der Waals surface area contributed by atoms with Crippen LogP contribution in [0.4, 0.5) is 11.4 Å². The van der Waals surface area contributed by atoms with Crippen LogP contribution in [0.15, 0.2) is 59.5 Å². The number of nitrogens with zero attached hydrogens (tertiary/aromatic N) is 1. The van der Waals surface area contributed by atoms with Gasteiger partial charge in [-0.25, -0.2) is 9.69 Å². The van der Waals surface area contributed by atoms with Crippen molar-refractivity contribution in [3.8, 4) is 5.75 Å². The Morgan fingerprint density at radius 2 is 2.00 bits per heavy atom. The van der Waals surface area contributed by atoms with Gasteiger partial charge in [0.1, 0.15) is 5.75 Å². The van der Waals surface area contributed by atoms with Crippen molar-refractivity contribution in [2.45, 2.75) is 16.6 Å². The van der Waals surface area contributed by atoms with Gasteiger partial charge in [-0.1, -0.05) is 17.7 Å². The Kier molecular flexibility index (Phi) is 6.98. The van der Waals surface area contributed by atoms with Crippen LogP contribution in [0.2, 0.25) is 5.02 Å². The van der Waals surface area contributed by atoms with Crippen molar-refractivity contribution in [1.82, 2.24) is 0 Å². The number of thioether (sulfide) groups is 1. The van der Waals surface area contributed by atoms with E-state index in [0.29, 0.717) is 22.0 Å². The number of carbonyl (C=O) groups excluding carboxylic acids is 3. The molecule has 8 nitrogen and oxygen atoms in total. The molecule has 0 radical (unpaired) electrons. The van der Waals surface area contributed by atoms with Gasteiger partial charge in [0.05, 0.1) is 23.1 Å². The molecule has 0 spiro atoms. The second kappa shape index (κ2) is 9.67. The molecule has 3 rings (SSSR count). The van der Waals surface area contributed by atoms with Gasteiger partial charge in [-0.15, -0.1) is 11.8 Å². The zero-order chi connectivity index (χ0) is 22.5. The van der Waals surface area contributed by atoms with Gasteiger partial charge >= 0.3 is 5.97 Å². The van der Waals surface area contributed by atoms with Crippen LogP contribution < -0.4 is 15.0 Å². The molecule has 1 heterocycles. The summed E-state index contributed by atoms with van der Waals surface area (Å²) in [6.45, 7) is 0. The van der Waals surface area contributed by atoms with Gasteiger partial charge in [-0.3, -0.25) is 14.4 Å². The lowest BCUT2D eigenvalue weighted by Gasteiger charge is -2.16. The zero-order valence-corrected chi connectivity index (χ0v) is 17.8. The number of benzene rings is 2. The number of carbonyl (C=O) groups is 4. The minimum absolute atomic E-state index is 0.0189. The quantitative estimate of drug-likeness (QED) is 0.481. The summed E-state index contributed by atoms with van der Waals surface area (Å²) in [6, 6.07) is 11.4. The number of aliphatic carboxylic acids is 1. The highest BCUT2D eigenvalue weighted by Gasteiger charge is 2.40.